The number of tetrazole rings is 1. The first-order valence-corrected chi connectivity index (χ1v) is 6.26. The van der Waals surface area contributed by atoms with Crippen molar-refractivity contribution < 1.29 is 0 Å². The van der Waals surface area contributed by atoms with Crippen molar-refractivity contribution in [2.45, 2.75) is 51.0 Å². The van der Waals surface area contributed by atoms with Gasteiger partial charge in [-0.3, -0.25) is 0 Å². The number of hydrogen-bond donors (Lipinski definition) is 1. The Labute approximate surface area is 95.6 Å². The largest absolute Gasteiger partial charge is 0.350 e. The maximum Gasteiger partial charge on any atom is 0.242 e. The summed E-state index contributed by atoms with van der Waals surface area (Å²) in [7, 11) is 1.87. The normalized spacial score (nSPS) is 24.3. The second kappa shape index (κ2) is 3.71. The molecule has 2 saturated carbocycles. The van der Waals surface area contributed by atoms with Gasteiger partial charge in [-0.1, -0.05) is 11.5 Å². The van der Waals surface area contributed by atoms with Crippen molar-refractivity contribution in [3.8, 4) is 0 Å². The smallest absolute Gasteiger partial charge is 0.242 e. The molecule has 1 spiro atoms. The van der Waals surface area contributed by atoms with Crippen LogP contribution in [0.25, 0.3) is 0 Å². The van der Waals surface area contributed by atoms with E-state index in [1.165, 1.54) is 44.9 Å². The van der Waals surface area contributed by atoms with Crippen LogP contribution in [0.5, 0.6) is 0 Å². The molecule has 3 rings (SSSR count). The van der Waals surface area contributed by atoms with Gasteiger partial charge in [0.05, 0.1) is 0 Å². The van der Waals surface area contributed by atoms with Crippen LogP contribution in [0.3, 0.4) is 0 Å². The second-order valence-electron chi connectivity index (χ2n) is 5.40. The maximum absolute atomic E-state index is 3.97. The molecule has 0 aromatic carbocycles. The number of anilines is 1. The van der Waals surface area contributed by atoms with Crippen molar-refractivity contribution in [3.63, 3.8) is 0 Å². The molecule has 1 N–H and O–H groups in total. The summed E-state index contributed by atoms with van der Waals surface area (Å²) in [4.78, 5) is 0. The minimum Gasteiger partial charge on any atom is -0.350 e. The SMILES string of the molecule is Cn1nnnc1NC1CCC2(CCC2)CC1. The van der Waals surface area contributed by atoms with Crippen LogP contribution in [-0.2, 0) is 7.05 Å². The molecule has 16 heavy (non-hydrogen) atoms. The fraction of sp³-hybridized carbons (Fsp3) is 0.909. The van der Waals surface area contributed by atoms with E-state index in [9.17, 15) is 0 Å². The number of aromatic nitrogens is 4. The lowest BCUT2D eigenvalue weighted by Gasteiger charge is -2.47. The van der Waals surface area contributed by atoms with E-state index in [1.807, 2.05) is 7.05 Å². The lowest BCUT2D eigenvalue weighted by Crippen LogP contribution is -2.38. The summed E-state index contributed by atoms with van der Waals surface area (Å²) in [6.07, 6.45) is 9.69. The molecule has 88 valence electrons. The van der Waals surface area contributed by atoms with Gasteiger partial charge in [0, 0.05) is 13.1 Å². The monoisotopic (exact) mass is 221 g/mol. The van der Waals surface area contributed by atoms with Gasteiger partial charge in [-0.25, -0.2) is 4.68 Å². The highest BCUT2D eigenvalue weighted by Gasteiger charge is 2.40. The summed E-state index contributed by atoms with van der Waals surface area (Å²) in [5.74, 6) is 0.801. The lowest BCUT2D eigenvalue weighted by molar-refractivity contribution is 0.0729. The topological polar surface area (TPSA) is 55.6 Å². The molecule has 1 aromatic rings. The summed E-state index contributed by atoms with van der Waals surface area (Å²) in [5, 5.41) is 14.9. The van der Waals surface area contributed by atoms with Crippen LogP contribution < -0.4 is 5.32 Å². The minimum absolute atomic E-state index is 0.566. The zero-order valence-electron chi connectivity index (χ0n) is 9.82. The summed E-state index contributed by atoms with van der Waals surface area (Å²) < 4.78 is 1.70. The van der Waals surface area contributed by atoms with Gasteiger partial charge in [0.1, 0.15) is 0 Å². The van der Waals surface area contributed by atoms with Crippen molar-refractivity contribution >= 4 is 5.95 Å². The maximum atomic E-state index is 3.97. The molecule has 0 amide bonds. The Bertz CT molecular complexity index is 358. The summed E-state index contributed by atoms with van der Waals surface area (Å²) in [5.41, 5.74) is 0.732. The average molecular weight is 221 g/mol. The molecular formula is C11H19N5. The quantitative estimate of drug-likeness (QED) is 0.826. The number of nitrogens with zero attached hydrogens (tertiary/aromatic N) is 4. The highest BCUT2D eigenvalue weighted by molar-refractivity contribution is 5.23. The molecule has 2 aliphatic carbocycles. The molecule has 1 aromatic heterocycles. The van der Waals surface area contributed by atoms with E-state index in [2.05, 4.69) is 20.8 Å². The van der Waals surface area contributed by atoms with Gasteiger partial charge in [0.15, 0.2) is 0 Å². The van der Waals surface area contributed by atoms with Crippen LogP contribution in [0.4, 0.5) is 5.95 Å². The fourth-order valence-corrected chi connectivity index (χ4v) is 3.09. The predicted octanol–water partition coefficient (Wildman–Crippen LogP) is 1.73. The molecule has 0 bridgehead atoms. The third kappa shape index (κ3) is 1.68. The van der Waals surface area contributed by atoms with E-state index >= 15 is 0 Å². The first-order valence-electron chi connectivity index (χ1n) is 6.26. The molecule has 2 aliphatic rings. The van der Waals surface area contributed by atoms with Gasteiger partial charge >= 0.3 is 0 Å². The Hall–Kier alpha value is -1.13. The first-order chi connectivity index (χ1) is 7.77. The zero-order chi connectivity index (χ0) is 11.0. The van der Waals surface area contributed by atoms with E-state index in [0.717, 1.165) is 11.4 Å². The Morgan fingerprint density at radius 2 is 2.00 bits per heavy atom. The standard InChI is InChI=1S/C11H19N5/c1-16-10(13-14-15-16)12-9-3-7-11(8-4-9)5-2-6-11/h9H,2-8H2,1H3,(H,12,13,15). The number of hydrogen-bond acceptors (Lipinski definition) is 4. The molecule has 2 fully saturated rings. The summed E-state index contributed by atoms with van der Waals surface area (Å²) in [6.45, 7) is 0. The van der Waals surface area contributed by atoms with Gasteiger partial charge in [0.2, 0.25) is 5.95 Å². The van der Waals surface area contributed by atoms with Gasteiger partial charge in [-0.15, -0.1) is 0 Å². The lowest BCUT2D eigenvalue weighted by atomic mass is 9.60. The third-order valence-corrected chi connectivity index (χ3v) is 4.41. The van der Waals surface area contributed by atoms with E-state index in [1.54, 1.807) is 4.68 Å². The van der Waals surface area contributed by atoms with E-state index in [4.69, 9.17) is 0 Å². The molecule has 0 unspecified atom stereocenters. The van der Waals surface area contributed by atoms with Gasteiger partial charge in [-0.2, -0.15) is 0 Å². The van der Waals surface area contributed by atoms with E-state index < -0.39 is 0 Å². The summed E-state index contributed by atoms with van der Waals surface area (Å²) in [6, 6.07) is 0.566. The molecular weight excluding hydrogens is 202 g/mol. The molecule has 0 radical (unpaired) electrons. The molecule has 0 aliphatic heterocycles. The highest BCUT2D eigenvalue weighted by atomic mass is 15.6. The van der Waals surface area contributed by atoms with Crippen LogP contribution in [0, 0.1) is 5.41 Å². The van der Waals surface area contributed by atoms with Crippen LogP contribution in [-0.4, -0.2) is 26.2 Å². The van der Waals surface area contributed by atoms with Gasteiger partial charge in [0.25, 0.3) is 0 Å². The molecule has 5 heteroatoms. The Morgan fingerprint density at radius 3 is 2.50 bits per heavy atom. The molecule has 5 nitrogen and oxygen atoms in total. The van der Waals surface area contributed by atoms with Crippen molar-refractivity contribution in [1.29, 1.82) is 0 Å². The van der Waals surface area contributed by atoms with Crippen molar-refractivity contribution in [3.05, 3.63) is 0 Å². The van der Waals surface area contributed by atoms with Crippen LogP contribution in [0.1, 0.15) is 44.9 Å². The zero-order valence-corrected chi connectivity index (χ0v) is 9.82. The van der Waals surface area contributed by atoms with Crippen LogP contribution >= 0.6 is 0 Å². The second-order valence-corrected chi connectivity index (χ2v) is 5.40. The Balaban J connectivity index is 1.56. The minimum atomic E-state index is 0.566. The van der Waals surface area contributed by atoms with Crippen LogP contribution in [0.15, 0.2) is 0 Å². The molecule has 1 heterocycles. The molecule has 0 atom stereocenters. The fourth-order valence-electron chi connectivity index (χ4n) is 3.09. The third-order valence-electron chi connectivity index (χ3n) is 4.41. The number of rotatable bonds is 2. The van der Waals surface area contributed by atoms with Crippen molar-refractivity contribution in [2.75, 3.05) is 5.32 Å². The van der Waals surface area contributed by atoms with E-state index in [-0.39, 0.29) is 0 Å². The summed E-state index contributed by atoms with van der Waals surface area (Å²) >= 11 is 0. The molecule has 0 saturated heterocycles. The number of aryl methyl sites for hydroxylation is 1. The van der Waals surface area contributed by atoms with Gasteiger partial charge in [-0.05, 0) is 54.4 Å². The Morgan fingerprint density at radius 1 is 1.25 bits per heavy atom. The van der Waals surface area contributed by atoms with Crippen molar-refractivity contribution in [2.24, 2.45) is 12.5 Å². The van der Waals surface area contributed by atoms with Gasteiger partial charge < -0.3 is 5.32 Å². The first kappa shape index (κ1) is 10.1. The Kier molecular flexibility index (Phi) is 2.33. The number of nitrogens with one attached hydrogen (secondary N) is 1. The van der Waals surface area contributed by atoms with E-state index in [0.29, 0.717) is 6.04 Å². The average Bonchev–Trinajstić information content (AvgIpc) is 2.64. The highest BCUT2D eigenvalue weighted by Crippen LogP contribution is 2.51. The predicted molar refractivity (Wildman–Crippen MR) is 61.0 cm³/mol. The van der Waals surface area contributed by atoms with Crippen LogP contribution in [0.2, 0.25) is 0 Å². The van der Waals surface area contributed by atoms with Crippen molar-refractivity contribution in [1.82, 2.24) is 20.2 Å².